The monoisotopic (exact) mass is 398 g/mol. The predicted molar refractivity (Wildman–Crippen MR) is 105 cm³/mol. The van der Waals surface area contributed by atoms with Crippen molar-refractivity contribution in [3.05, 3.63) is 71.8 Å². The van der Waals surface area contributed by atoms with E-state index in [0.29, 0.717) is 6.61 Å². The molecule has 1 saturated heterocycles. The molecule has 6 heteroatoms. The van der Waals surface area contributed by atoms with Crippen LogP contribution in [0.15, 0.2) is 60.7 Å². The molecular weight excluding hydrogens is 372 g/mol. The van der Waals surface area contributed by atoms with Gasteiger partial charge in [0, 0.05) is 0 Å². The highest BCUT2D eigenvalue weighted by molar-refractivity contribution is 5.95. The number of rotatable bonds is 8. The fourth-order valence-corrected chi connectivity index (χ4v) is 3.09. The molecule has 0 saturated carbocycles. The van der Waals surface area contributed by atoms with Crippen molar-refractivity contribution in [2.45, 2.75) is 45.4 Å². The van der Waals surface area contributed by atoms with Crippen LogP contribution in [0.4, 0.5) is 0 Å². The van der Waals surface area contributed by atoms with E-state index in [1.165, 1.54) is 0 Å². The van der Waals surface area contributed by atoms with E-state index >= 15 is 0 Å². The number of benzene rings is 2. The van der Waals surface area contributed by atoms with E-state index in [-0.39, 0.29) is 25.7 Å². The highest BCUT2D eigenvalue weighted by Gasteiger charge is 2.39. The molecule has 0 amide bonds. The molecule has 154 valence electrons. The molecule has 1 aliphatic heterocycles. The molecule has 2 aromatic carbocycles. The Bertz CT molecular complexity index is 747. The van der Waals surface area contributed by atoms with E-state index in [4.69, 9.17) is 18.9 Å². The molecule has 0 bridgehead atoms. The van der Waals surface area contributed by atoms with E-state index < -0.39 is 23.6 Å². The first kappa shape index (κ1) is 21.0. The SMILES string of the molecule is CC1(C)OC[C@H](CC(C(=O)OCc2ccccc2)C(=O)OCc2ccccc2)O1. The molecule has 0 spiro atoms. The lowest BCUT2D eigenvalue weighted by atomic mass is 10.0. The van der Waals surface area contributed by atoms with Gasteiger partial charge < -0.3 is 18.9 Å². The van der Waals surface area contributed by atoms with Crippen molar-refractivity contribution in [2.24, 2.45) is 5.92 Å². The maximum absolute atomic E-state index is 12.7. The van der Waals surface area contributed by atoms with E-state index in [2.05, 4.69) is 0 Å². The van der Waals surface area contributed by atoms with Gasteiger partial charge in [-0.1, -0.05) is 60.7 Å². The molecule has 2 aromatic rings. The van der Waals surface area contributed by atoms with Crippen molar-refractivity contribution in [1.82, 2.24) is 0 Å². The first-order chi connectivity index (χ1) is 13.9. The Balaban J connectivity index is 1.63. The highest BCUT2D eigenvalue weighted by Crippen LogP contribution is 2.27. The van der Waals surface area contributed by atoms with E-state index in [1.54, 1.807) is 13.8 Å². The molecule has 1 atom stereocenters. The molecule has 29 heavy (non-hydrogen) atoms. The van der Waals surface area contributed by atoms with Crippen LogP contribution >= 0.6 is 0 Å². The van der Waals surface area contributed by atoms with Gasteiger partial charge in [0.15, 0.2) is 11.7 Å². The molecule has 3 rings (SSSR count). The smallest absolute Gasteiger partial charge is 0.320 e. The summed E-state index contributed by atoms with van der Waals surface area (Å²) >= 11 is 0. The van der Waals surface area contributed by atoms with E-state index in [0.717, 1.165) is 11.1 Å². The summed E-state index contributed by atoms with van der Waals surface area (Å²) in [4.78, 5) is 25.4. The van der Waals surface area contributed by atoms with Crippen molar-refractivity contribution in [1.29, 1.82) is 0 Å². The third-order valence-electron chi connectivity index (χ3n) is 4.58. The number of carbonyl (C=O) groups excluding carboxylic acids is 2. The van der Waals surface area contributed by atoms with Gasteiger partial charge in [0.25, 0.3) is 0 Å². The van der Waals surface area contributed by atoms with Crippen molar-refractivity contribution in [2.75, 3.05) is 6.61 Å². The first-order valence-corrected chi connectivity index (χ1v) is 9.66. The van der Waals surface area contributed by atoms with Crippen LogP contribution in [-0.4, -0.2) is 30.4 Å². The number of ether oxygens (including phenoxy) is 4. The Morgan fingerprint density at radius 1 is 0.931 bits per heavy atom. The topological polar surface area (TPSA) is 71.1 Å². The Kier molecular flexibility index (Phi) is 7.01. The normalized spacial score (nSPS) is 17.8. The Morgan fingerprint density at radius 2 is 1.41 bits per heavy atom. The quantitative estimate of drug-likeness (QED) is 0.500. The molecule has 1 aliphatic rings. The summed E-state index contributed by atoms with van der Waals surface area (Å²) in [6.07, 6.45) is -0.242. The lowest BCUT2D eigenvalue weighted by molar-refractivity contribution is -0.168. The summed E-state index contributed by atoms with van der Waals surface area (Å²) in [5, 5.41) is 0. The van der Waals surface area contributed by atoms with Gasteiger partial charge in [0.05, 0.1) is 12.7 Å². The number of hydrogen-bond donors (Lipinski definition) is 0. The molecule has 0 N–H and O–H groups in total. The molecule has 1 fully saturated rings. The summed E-state index contributed by atoms with van der Waals surface area (Å²) in [5.74, 6) is -3.07. The van der Waals surface area contributed by atoms with Gasteiger partial charge in [-0.05, 0) is 31.4 Å². The number of hydrogen-bond acceptors (Lipinski definition) is 6. The van der Waals surface area contributed by atoms with Crippen molar-refractivity contribution < 1.29 is 28.5 Å². The third-order valence-corrected chi connectivity index (χ3v) is 4.58. The Hall–Kier alpha value is -2.70. The fraction of sp³-hybridized carbons (Fsp3) is 0.391. The minimum absolute atomic E-state index is 0.0929. The van der Waals surface area contributed by atoms with Gasteiger partial charge in [-0.3, -0.25) is 9.59 Å². The average molecular weight is 398 g/mol. The van der Waals surface area contributed by atoms with Crippen molar-refractivity contribution >= 4 is 11.9 Å². The van der Waals surface area contributed by atoms with Crippen LogP contribution in [0.5, 0.6) is 0 Å². The molecule has 0 unspecified atom stereocenters. The minimum atomic E-state index is -1.08. The largest absolute Gasteiger partial charge is 0.460 e. The van der Waals surface area contributed by atoms with Gasteiger partial charge in [-0.15, -0.1) is 0 Å². The maximum Gasteiger partial charge on any atom is 0.320 e. The number of carbonyl (C=O) groups is 2. The van der Waals surface area contributed by atoms with E-state index in [9.17, 15) is 9.59 Å². The standard InChI is InChI=1S/C23H26O6/c1-23(2)28-16-19(29-23)13-20(21(24)26-14-17-9-5-3-6-10-17)22(25)27-15-18-11-7-4-8-12-18/h3-12,19-20H,13-16H2,1-2H3/t19-/m0/s1. The zero-order valence-electron chi connectivity index (χ0n) is 16.7. The van der Waals surface area contributed by atoms with E-state index in [1.807, 2.05) is 60.7 Å². The lowest BCUT2D eigenvalue weighted by Gasteiger charge is -2.20. The van der Waals surface area contributed by atoms with Gasteiger partial charge in [-0.2, -0.15) is 0 Å². The fourth-order valence-electron chi connectivity index (χ4n) is 3.09. The molecular formula is C23H26O6. The van der Waals surface area contributed by atoms with Crippen molar-refractivity contribution in [3.63, 3.8) is 0 Å². The maximum atomic E-state index is 12.7. The second kappa shape index (κ2) is 9.67. The summed E-state index contributed by atoms with van der Waals surface area (Å²) < 4.78 is 22.1. The van der Waals surface area contributed by atoms with Crippen molar-refractivity contribution in [3.8, 4) is 0 Å². The zero-order chi connectivity index (χ0) is 20.7. The lowest BCUT2D eigenvalue weighted by Crippen LogP contribution is -2.32. The average Bonchev–Trinajstić information content (AvgIpc) is 3.08. The van der Waals surface area contributed by atoms with Gasteiger partial charge in [0.1, 0.15) is 13.2 Å². The molecule has 0 radical (unpaired) electrons. The van der Waals surface area contributed by atoms with Crippen LogP contribution < -0.4 is 0 Å². The molecule has 6 nitrogen and oxygen atoms in total. The highest BCUT2D eigenvalue weighted by atomic mass is 16.7. The first-order valence-electron chi connectivity index (χ1n) is 9.66. The summed E-state index contributed by atoms with van der Waals surface area (Å²) in [6.45, 7) is 4.08. The summed E-state index contributed by atoms with van der Waals surface area (Å²) in [7, 11) is 0. The van der Waals surface area contributed by atoms with Crippen LogP contribution in [0.1, 0.15) is 31.4 Å². The van der Waals surface area contributed by atoms with Gasteiger partial charge in [-0.25, -0.2) is 0 Å². The second-order valence-electron chi connectivity index (χ2n) is 7.43. The summed E-state index contributed by atoms with van der Waals surface area (Å²) in [6, 6.07) is 18.6. The predicted octanol–water partition coefficient (Wildman–Crippen LogP) is 3.63. The van der Waals surface area contributed by atoms with Crippen LogP contribution in [-0.2, 0) is 41.8 Å². The molecule has 0 aliphatic carbocycles. The summed E-state index contributed by atoms with van der Waals surface area (Å²) in [5.41, 5.74) is 1.69. The Morgan fingerprint density at radius 3 is 1.83 bits per heavy atom. The Labute approximate surface area is 170 Å². The zero-order valence-corrected chi connectivity index (χ0v) is 16.7. The molecule has 1 heterocycles. The van der Waals surface area contributed by atoms with Gasteiger partial charge >= 0.3 is 11.9 Å². The third kappa shape index (κ3) is 6.41. The van der Waals surface area contributed by atoms with Crippen LogP contribution in [0.3, 0.4) is 0 Å². The van der Waals surface area contributed by atoms with Crippen LogP contribution in [0.2, 0.25) is 0 Å². The van der Waals surface area contributed by atoms with Gasteiger partial charge in [0.2, 0.25) is 0 Å². The van der Waals surface area contributed by atoms with Crippen LogP contribution in [0.25, 0.3) is 0 Å². The number of esters is 2. The van der Waals surface area contributed by atoms with Crippen LogP contribution in [0, 0.1) is 5.92 Å². The molecule has 0 aromatic heterocycles. The second-order valence-corrected chi connectivity index (χ2v) is 7.43. The minimum Gasteiger partial charge on any atom is -0.460 e.